The molecule has 9 N–H and O–H groups in total. The first-order chi connectivity index (χ1) is 25.0. The zero-order valence-corrected chi connectivity index (χ0v) is 28.7. The SMILES string of the molecule is CCc1cc(Nc2nccn3c(-c4ccc(Oc5ccc(OC)cn5)c(F)c4F)cnc23)ccc1C(=O)NCCNC(=O)[C@H](N)[C@H](C)CN=C(N)N. The van der Waals surface area contributed by atoms with E-state index in [0.717, 1.165) is 5.56 Å². The van der Waals surface area contributed by atoms with Gasteiger partial charge in [0.25, 0.3) is 5.91 Å². The highest BCUT2D eigenvalue weighted by molar-refractivity contribution is 5.96. The number of nitrogens with one attached hydrogen (secondary N) is 3. The number of benzene rings is 2. The molecule has 0 aliphatic heterocycles. The Morgan fingerprint density at radius 2 is 1.79 bits per heavy atom. The highest BCUT2D eigenvalue weighted by Crippen LogP contribution is 2.33. The number of carbonyl (C=O) groups is 2. The molecule has 5 rings (SSSR count). The van der Waals surface area contributed by atoms with E-state index in [1.54, 1.807) is 35.7 Å². The van der Waals surface area contributed by atoms with E-state index in [2.05, 4.69) is 35.9 Å². The smallest absolute Gasteiger partial charge is 0.251 e. The van der Waals surface area contributed by atoms with Crippen LogP contribution in [-0.4, -0.2) is 69.9 Å². The summed E-state index contributed by atoms with van der Waals surface area (Å²) in [5.74, 6) is -2.80. The van der Waals surface area contributed by atoms with E-state index in [1.807, 2.05) is 13.0 Å². The minimum atomic E-state index is -1.19. The first-order valence-corrected chi connectivity index (χ1v) is 16.3. The first kappa shape index (κ1) is 36.9. The number of carbonyl (C=O) groups excluding carboxylic acids is 2. The van der Waals surface area contributed by atoms with Gasteiger partial charge in [-0.25, -0.2) is 19.3 Å². The maximum absolute atomic E-state index is 15.4. The summed E-state index contributed by atoms with van der Waals surface area (Å²) >= 11 is 0. The molecule has 0 bridgehead atoms. The Kier molecular flexibility index (Phi) is 11.8. The van der Waals surface area contributed by atoms with Crippen LogP contribution in [0.5, 0.6) is 17.4 Å². The second-order valence-corrected chi connectivity index (χ2v) is 11.7. The van der Waals surface area contributed by atoms with Crippen LogP contribution < -0.4 is 42.6 Å². The summed E-state index contributed by atoms with van der Waals surface area (Å²) in [6.45, 7) is 4.24. The highest BCUT2D eigenvalue weighted by atomic mass is 19.2. The number of aryl methyl sites for hydroxylation is 1. The maximum Gasteiger partial charge on any atom is 0.251 e. The van der Waals surface area contributed by atoms with Crippen LogP contribution in [0.4, 0.5) is 20.3 Å². The van der Waals surface area contributed by atoms with Crippen molar-refractivity contribution >= 4 is 34.9 Å². The lowest BCUT2D eigenvalue weighted by Gasteiger charge is -2.18. The van der Waals surface area contributed by atoms with E-state index in [9.17, 15) is 9.59 Å². The Hall–Kier alpha value is -6.36. The molecule has 0 saturated carbocycles. The second kappa shape index (κ2) is 16.6. The minimum absolute atomic E-state index is 0.0411. The topological polar surface area (TPSA) is 222 Å². The number of amides is 2. The number of ether oxygens (including phenoxy) is 2. The fraction of sp³-hybridized carbons (Fsp3) is 0.257. The summed E-state index contributed by atoms with van der Waals surface area (Å²) in [4.78, 5) is 42.1. The first-order valence-electron chi connectivity index (χ1n) is 16.3. The summed E-state index contributed by atoms with van der Waals surface area (Å²) < 4.78 is 42.7. The van der Waals surface area contributed by atoms with E-state index in [1.165, 1.54) is 43.9 Å². The van der Waals surface area contributed by atoms with E-state index in [-0.39, 0.29) is 66.2 Å². The largest absolute Gasteiger partial charge is 0.495 e. The fourth-order valence-corrected chi connectivity index (χ4v) is 5.19. The van der Waals surface area contributed by atoms with Crippen LogP contribution in [-0.2, 0) is 11.2 Å². The van der Waals surface area contributed by atoms with Crippen LogP contribution in [0.15, 0.2) is 72.2 Å². The van der Waals surface area contributed by atoms with Gasteiger partial charge < -0.3 is 42.6 Å². The average molecular weight is 716 g/mol. The van der Waals surface area contributed by atoms with Crippen LogP contribution in [0, 0.1) is 17.6 Å². The molecular weight excluding hydrogens is 676 g/mol. The predicted octanol–water partition coefficient (Wildman–Crippen LogP) is 3.26. The normalized spacial score (nSPS) is 12.1. The van der Waals surface area contributed by atoms with Gasteiger partial charge in [-0.2, -0.15) is 4.39 Å². The number of imidazole rings is 1. The Morgan fingerprint density at radius 1 is 1.00 bits per heavy atom. The molecule has 0 spiro atoms. The molecule has 15 nitrogen and oxygen atoms in total. The average Bonchev–Trinajstić information content (AvgIpc) is 3.59. The van der Waals surface area contributed by atoms with Crippen molar-refractivity contribution < 1.29 is 27.8 Å². The number of aromatic nitrogens is 4. The molecule has 2 atom stereocenters. The Morgan fingerprint density at radius 3 is 2.50 bits per heavy atom. The van der Waals surface area contributed by atoms with E-state index in [0.29, 0.717) is 34.9 Å². The Balaban J connectivity index is 1.24. The third-order valence-corrected chi connectivity index (χ3v) is 8.09. The number of methoxy groups -OCH3 is 1. The third-order valence-electron chi connectivity index (χ3n) is 8.09. The highest BCUT2D eigenvalue weighted by Gasteiger charge is 2.22. The molecule has 0 fully saturated rings. The van der Waals surface area contributed by atoms with Crippen LogP contribution >= 0.6 is 0 Å². The Labute approximate surface area is 297 Å². The molecule has 5 aromatic rings. The second-order valence-electron chi connectivity index (χ2n) is 11.7. The lowest BCUT2D eigenvalue weighted by Crippen LogP contribution is -2.47. The number of rotatable bonds is 15. The van der Waals surface area contributed by atoms with Gasteiger partial charge in [-0.1, -0.05) is 13.8 Å². The summed E-state index contributed by atoms with van der Waals surface area (Å²) in [7, 11) is 1.48. The van der Waals surface area contributed by atoms with Gasteiger partial charge >= 0.3 is 0 Å². The number of hydrogen-bond acceptors (Lipinski definition) is 10. The van der Waals surface area contributed by atoms with Crippen molar-refractivity contribution in [1.29, 1.82) is 0 Å². The molecule has 0 aliphatic carbocycles. The van der Waals surface area contributed by atoms with Crippen LogP contribution in [0.2, 0.25) is 0 Å². The van der Waals surface area contributed by atoms with Gasteiger partial charge in [0.1, 0.15) is 5.75 Å². The number of fused-ring (bicyclic) bond motifs is 1. The van der Waals surface area contributed by atoms with Gasteiger partial charge in [0, 0.05) is 54.9 Å². The molecule has 3 heterocycles. The molecule has 2 amide bonds. The summed E-state index contributed by atoms with van der Waals surface area (Å²) in [6.07, 6.45) is 6.44. The lowest BCUT2D eigenvalue weighted by atomic mass is 10.0. The summed E-state index contributed by atoms with van der Waals surface area (Å²) in [5.41, 5.74) is 19.1. The molecule has 52 heavy (non-hydrogen) atoms. The number of nitrogens with zero attached hydrogens (tertiary/aromatic N) is 5. The molecule has 2 aromatic carbocycles. The number of halogens is 2. The number of aliphatic imine (C=N–C) groups is 1. The number of hydrogen-bond donors (Lipinski definition) is 6. The van der Waals surface area contributed by atoms with Gasteiger partial charge in [0.15, 0.2) is 29.0 Å². The van der Waals surface area contributed by atoms with Crippen molar-refractivity contribution in [2.45, 2.75) is 26.3 Å². The third kappa shape index (κ3) is 8.50. The van der Waals surface area contributed by atoms with Gasteiger partial charge in [-0.05, 0) is 54.3 Å². The number of anilines is 2. The summed E-state index contributed by atoms with van der Waals surface area (Å²) in [5, 5.41) is 8.72. The van der Waals surface area contributed by atoms with Gasteiger partial charge in [0.2, 0.25) is 17.6 Å². The molecule has 3 aromatic heterocycles. The monoisotopic (exact) mass is 715 g/mol. The standard InChI is InChI=1S/C35H39F2N11O4/c1-4-20-15-21(5-7-23(20)33(49)42-11-12-43-34(50)30(38)19(2)16-46-35(39)40)47-31-32-45-18-25(48(32)14-13-41-31)24-8-9-26(29(37)28(24)36)52-27-10-6-22(51-3)17-44-27/h5-10,13-15,17-19,30H,4,11-12,16,38H2,1-3H3,(H,41,47)(H,42,49)(H,43,50)(H4,39,40,46)/t19-,30-/m1/s1. The van der Waals surface area contributed by atoms with Crippen molar-refractivity contribution in [3.8, 4) is 28.6 Å². The quantitative estimate of drug-likeness (QED) is 0.0525. The van der Waals surface area contributed by atoms with Crippen molar-refractivity contribution in [3.63, 3.8) is 0 Å². The maximum atomic E-state index is 15.4. The van der Waals surface area contributed by atoms with Gasteiger partial charge in [-0.15, -0.1) is 0 Å². The molecule has 0 aliphatic rings. The fourth-order valence-electron chi connectivity index (χ4n) is 5.19. The molecule has 17 heteroatoms. The number of nitrogens with two attached hydrogens (primary N) is 3. The van der Waals surface area contributed by atoms with E-state index < -0.39 is 17.7 Å². The lowest BCUT2D eigenvalue weighted by molar-refractivity contribution is -0.123. The minimum Gasteiger partial charge on any atom is -0.495 e. The zero-order chi connectivity index (χ0) is 37.4. The van der Waals surface area contributed by atoms with Gasteiger partial charge in [-0.3, -0.25) is 19.0 Å². The predicted molar refractivity (Wildman–Crippen MR) is 191 cm³/mol. The molecule has 0 unspecified atom stereocenters. The van der Waals surface area contributed by atoms with E-state index in [4.69, 9.17) is 26.7 Å². The van der Waals surface area contributed by atoms with Crippen LogP contribution in [0.3, 0.4) is 0 Å². The van der Waals surface area contributed by atoms with Crippen LogP contribution in [0.25, 0.3) is 16.9 Å². The Bertz CT molecular complexity index is 2090. The molecule has 0 saturated heterocycles. The van der Waals surface area contributed by atoms with Gasteiger partial charge in [0.05, 0.1) is 31.2 Å². The summed E-state index contributed by atoms with van der Waals surface area (Å²) in [6, 6.07) is 10.2. The van der Waals surface area contributed by atoms with Crippen molar-refractivity contribution in [2.24, 2.45) is 28.1 Å². The van der Waals surface area contributed by atoms with E-state index >= 15 is 8.78 Å². The van der Waals surface area contributed by atoms with Crippen molar-refractivity contribution in [3.05, 3.63) is 90.0 Å². The molecular formula is C35H39F2N11O4. The van der Waals surface area contributed by atoms with Crippen molar-refractivity contribution in [2.75, 3.05) is 32.1 Å². The zero-order valence-electron chi connectivity index (χ0n) is 28.7. The number of pyridine rings is 1. The molecule has 0 radical (unpaired) electrons. The van der Waals surface area contributed by atoms with Crippen molar-refractivity contribution in [1.82, 2.24) is 30.0 Å². The number of guanidine groups is 1. The van der Waals surface area contributed by atoms with Crippen LogP contribution in [0.1, 0.15) is 29.8 Å². The molecule has 272 valence electrons.